The second kappa shape index (κ2) is 6.42. The lowest BCUT2D eigenvalue weighted by atomic mass is 10.2. The van der Waals surface area contributed by atoms with Crippen molar-refractivity contribution in [1.82, 2.24) is 19.5 Å². The van der Waals surface area contributed by atoms with Crippen LogP contribution in [0.25, 0.3) is 5.82 Å². The molecule has 120 valence electrons. The Morgan fingerprint density at radius 2 is 2.12 bits per heavy atom. The lowest BCUT2D eigenvalue weighted by molar-refractivity contribution is -0.384. The highest BCUT2D eigenvalue weighted by atomic mass is 35.5. The largest absolute Gasteiger partial charge is 0.306 e. The van der Waals surface area contributed by atoms with Crippen molar-refractivity contribution in [2.24, 2.45) is 0 Å². The molecule has 3 rings (SSSR count). The molecule has 1 N–H and O–H groups in total. The van der Waals surface area contributed by atoms with Crippen LogP contribution in [0.1, 0.15) is 10.4 Å². The number of hydrogen-bond donors (Lipinski definition) is 1. The van der Waals surface area contributed by atoms with Gasteiger partial charge in [-0.1, -0.05) is 11.6 Å². The fourth-order valence-corrected chi connectivity index (χ4v) is 2.14. The van der Waals surface area contributed by atoms with Gasteiger partial charge in [-0.3, -0.25) is 19.5 Å². The topological polar surface area (TPSA) is 116 Å². The van der Waals surface area contributed by atoms with Crippen molar-refractivity contribution in [2.45, 2.75) is 0 Å². The molecule has 0 unspecified atom stereocenters. The normalized spacial score (nSPS) is 10.4. The molecule has 1 amide bonds. The zero-order valence-corrected chi connectivity index (χ0v) is 12.7. The first-order chi connectivity index (χ1) is 11.5. The molecule has 0 aliphatic heterocycles. The van der Waals surface area contributed by atoms with Gasteiger partial charge >= 0.3 is 0 Å². The van der Waals surface area contributed by atoms with Crippen molar-refractivity contribution in [3.8, 4) is 5.82 Å². The SMILES string of the molecule is O=C(Nc1cc(-n2ccnc2)ncn1)c1cc([N+](=O)[O-])ccc1Cl. The minimum atomic E-state index is -0.612. The van der Waals surface area contributed by atoms with Gasteiger partial charge in [-0.2, -0.15) is 0 Å². The van der Waals surface area contributed by atoms with E-state index in [1.165, 1.54) is 24.5 Å². The number of aromatic nitrogens is 4. The maximum Gasteiger partial charge on any atom is 0.270 e. The molecule has 0 fully saturated rings. The zero-order chi connectivity index (χ0) is 17.1. The summed E-state index contributed by atoms with van der Waals surface area (Å²) in [6, 6.07) is 5.16. The summed E-state index contributed by atoms with van der Waals surface area (Å²) in [4.78, 5) is 34.4. The smallest absolute Gasteiger partial charge is 0.270 e. The van der Waals surface area contributed by atoms with Gasteiger partial charge in [0.2, 0.25) is 0 Å². The van der Waals surface area contributed by atoms with E-state index >= 15 is 0 Å². The Morgan fingerprint density at radius 3 is 2.83 bits per heavy atom. The number of nitro benzene ring substituents is 1. The van der Waals surface area contributed by atoms with Gasteiger partial charge in [-0.25, -0.2) is 15.0 Å². The molecule has 3 aromatic rings. The maximum atomic E-state index is 12.3. The average Bonchev–Trinajstić information content (AvgIpc) is 3.09. The van der Waals surface area contributed by atoms with Gasteiger partial charge in [0.1, 0.15) is 24.3 Å². The third-order valence-electron chi connectivity index (χ3n) is 3.07. The Morgan fingerprint density at radius 1 is 1.29 bits per heavy atom. The van der Waals surface area contributed by atoms with Crippen LogP contribution < -0.4 is 5.32 Å². The van der Waals surface area contributed by atoms with Crippen LogP contribution in [0.15, 0.2) is 49.3 Å². The molecule has 0 atom stereocenters. The van der Waals surface area contributed by atoms with Gasteiger partial charge in [0.05, 0.1) is 15.5 Å². The molecule has 24 heavy (non-hydrogen) atoms. The number of nitrogens with one attached hydrogen (secondary N) is 1. The summed E-state index contributed by atoms with van der Waals surface area (Å²) in [5.74, 6) is 0.114. The third-order valence-corrected chi connectivity index (χ3v) is 3.40. The van der Waals surface area contributed by atoms with Crippen LogP contribution in [-0.2, 0) is 0 Å². The number of hydrogen-bond acceptors (Lipinski definition) is 6. The van der Waals surface area contributed by atoms with Crippen LogP contribution in [0, 0.1) is 10.1 Å². The van der Waals surface area contributed by atoms with Crippen LogP contribution in [0.4, 0.5) is 11.5 Å². The van der Waals surface area contributed by atoms with E-state index in [0.29, 0.717) is 5.82 Å². The van der Waals surface area contributed by atoms with Crippen LogP contribution in [-0.4, -0.2) is 30.3 Å². The van der Waals surface area contributed by atoms with Gasteiger partial charge in [0.25, 0.3) is 11.6 Å². The number of rotatable bonds is 4. The number of anilines is 1. The lowest BCUT2D eigenvalue weighted by Gasteiger charge is -2.07. The van der Waals surface area contributed by atoms with E-state index in [9.17, 15) is 14.9 Å². The number of nitrogens with zero attached hydrogens (tertiary/aromatic N) is 5. The summed E-state index contributed by atoms with van der Waals surface area (Å²) in [6.45, 7) is 0. The molecule has 2 aromatic heterocycles. The summed E-state index contributed by atoms with van der Waals surface area (Å²) in [7, 11) is 0. The first kappa shape index (κ1) is 15.6. The van der Waals surface area contributed by atoms with E-state index < -0.39 is 10.8 Å². The van der Waals surface area contributed by atoms with E-state index in [1.54, 1.807) is 23.3 Å². The number of carbonyl (C=O) groups excluding carboxylic acids is 1. The highest BCUT2D eigenvalue weighted by Crippen LogP contribution is 2.23. The number of halogens is 1. The van der Waals surface area contributed by atoms with Crippen molar-refractivity contribution < 1.29 is 9.72 Å². The second-order valence-corrected chi connectivity index (χ2v) is 5.01. The summed E-state index contributed by atoms with van der Waals surface area (Å²) < 4.78 is 1.64. The van der Waals surface area contributed by atoms with Crippen LogP contribution >= 0.6 is 11.6 Å². The van der Waals surface area contributed by atoms with Gasteiger partial charge in [0, 0.05) is 30.6 Å². The van der Waals surface area contributed by atoms with Gasteiger partial charge in [-0.05, 0) is 6.07 Å². The van der Waals surface area contributed by atoms with Crippen molar-refractivity contribution in [1.29, 1.82) is 0 Å². The van der Waals surface area contributed by atoms with E-state index in [2.05, 4.69) is 20.3 Å². The summed E-state index contributed by atoms with van der Waals surface area (Å²) >= 11 is 5.95. The molecule has 0 radical (unpaired) electrons. The molecule has 0 saturated heterocycles. The summed E-state index contributed by atoms with van der Waals surface area (Å²) in [6.07, 6.45) is 6.10. The van der Waals surface area contributed by atoms with Crippen LogP contribution in [0.5, 0.6) is 0 Å². The van der Waals surface area contributed by atoms with Crippen molar-refractivity contribution >= 4 is 29.0 Å². The van der Waals surface area contributed by atoms with Crippen molar-refractivity contribution in [3.63, 3.8) is 0 Å². The molecular formula is C14H9ClN6O3. The molecule has 0 bridgehead atoms. The molecule has 0 aliphatic carbocycles. The van der Waals surface area contributed by atoms with E-state index in [0.717, 1.165) is 6.07 Å². The highest BCUT2D eigenvalue weighted by molar-refractivity contribution is 6.34. The number of non-ortho nitro benzene ring substituents is 1. The van der Waals surface area contributed by atoms with Crippen LogP contribution in [0.3, 0.4) is 0 Å². The minimum Gasteiger partial charge on any atom is -0.306 e. The number of imidazole rings is 1. The van der Waals surface area contributed by atoms with Crippen LogP contribution in [0.2, 0.25) is 5.02 Å². The van der Waals surface area contributed by atoms with Crippen molar-refractivity contribution in [2.75, 3.05) is 5.32 Å². The monoisotopic (exact) mass is 344 g/mol. The molecule has 10 heteroatoms. The number of amides is 1. The first-order valence-electron chi connectivity index (χ1n) is 6.60. The molecule has 0 aliphatic rings. The lowest BCUT2D eigenvalue weighted by Crippen LogP contribution is -2.14. The zero-order valence-electron chi connectivity index (χ0n) is 12.0. The Kier molecular flexibility index (Phi) is 4.17. The molecule has 1 aromatic carbocycles. The number of nitro groups is 1. The fourth-order valence-electron chi connectivity index (χ4n) is 1.94. The maximum absolute atomic E-state index is 12.3. The quantitative estimate of drug-likeness (QED) is 0.574. The molecule has 0 saturated carbocycles. The molecule has 0 spiro atoms. The average molecular weight is 345 g/mol. The Balaban J connectivity index is 1.87. The Hall–Kier alpha value is -3.33. The first-order valence-corrected chi connectivity index (χ1v) is 6.98. The van der Waals surface area contributed by atoms with E-state index in [-0.39, 0.29) is 22.1 Å². The molecule has 2 heterocycles. The fraction of sp³-hybridized carbons (Fsp3) is 0. The van der Waals surface area contributed by atoms with Gasteiger partial charge in [-0.15, -0.1) is 0 Å². The standard InChI is InChI=1S/C14H9ClN6O3/c15-11-2-1-9(21(23)24)5-10(11)14(22)19-12-6-13(18-7-17-12)20-4-3-16-8-20/h1-8H,(H,17,18,19,22). The predicted octanol–water partition coefficient (Wildman–Crippen LogP) is 2.48. The van der Waals surface area contributed by atoms with E-state index in [4.69, 9.17) is 11.6 Å². The van der Waals surface area contributed by atoms with Crippen molar-refractivity contribution in [3.05, 3.63) is 70.0 Å². The van der Waals surface area contributed by atoms with Gasteiger partial charge < -0.3 is 5.32 Å². The second-order valence-electron chi connectivity index (χ2n) is 4.61. The van der Waals surface area contributed by atoms with Gasteiger partial charge in [0.15, 0.2) is 0 Å². The Bertz CT molecular complexity index is 913. The summed E-state index contributed by atoms with van der Waals surface area (Å²) in [5.41, 5.74) is -0.250. The Labute approximate surface area is 140 Å². The predicted molar refractivity (Wildman–Crippen MR) is 85.2 cm³/mol. The summed E-state index contributed by atoms with van der Waals surface area (Å²) in [5, 5.41) is 13.5. The third kappa shape index (κ3) is 3.20. The van der Waals surface area contributed by atoms with E-state index in [1.807, 2.05) is 0 Å². The highest BCUT2D eigenvalue weighted by Gasteiger charge is 2.16. The molecule has 9 nitrogen and oxygen atoms in total. The minimum absolute atomic E-state index is 0.0198. The number of carbonyl (C=O) groups is 1. The molecular weight excluding hydrogens is 336 g/mol. The number of benzene rings is 1.